The van der Waals surface area contributed by atoms with Crippen molar-refractivity contribution in [3.63, 3.8) is 0 Å². The van der Waals surface area contributed by atoms with Crippen LogP contribution in [0, 0.1) is 3.57 Å². The Kier molecular flexibility index (Phi) is 2.15. The summed E-state index contributed by atoms with van der Waals surface area (Å²) in [7, 11) is 0. The van der Waals surface area contributed by atoms with Gasteiger partial charge in [0.2, 0.25) is 0 Å². The molecule has 0 saturated heterocycles. The molecule has 2 aromatic rings. The summed E-state index contributed by atoms with van der Waals surface area (Å²) in [5.74, 6) is 2.31. The molecule has 0 amide bonds. The van der Waals surface area contributed by atoms with Gasteiger partial charge >= 0.3 is 0 Å². The molecule has 0 aromatic carbocycles. The minimum Gasteiger partial charge on any atom is -0.244 e. The average Bonchev–Trinajstić information content (AvgIpc) is 2.99. The Hall–Kier alpha value is -1.05. The van der Waals surface area contributed by atoms with Gasteiger partial charge in [0.05, 0.1) is 3.57 Å². The molecule has 15 heavy (non-hydrogen) atoms. The summed E-state index contributed by atoms with van der Waals surface area (Å²) >= 11 is 2.19. The fraction of sp³-hybridized carbons (Fsp3) is 0.333. The number of halogens is 1. The van der Waals surface area contributed by atoms with E-state index in [4.69, 9.17) is 0 Å². The van der Waals surface area contributed by atoms with E-state index in [2.05, 4.69) is 42.6 Å². The molecule has 0 bridgehead atoms. The first-order valence-corrected chi connectivity index (χ1v) is 5.80. The number of rotatable bonds is 2. The van der Waals surface area contributed by atoms with Gasteiger partial charge in [-0.05, 0) is 35.4 Å². The van der Waals surface area contributed by atoms with Gasteiger partial charge in [-0.25, -0.2) is 19.6 Å². The molecule has 0 aliphatic heterocycles. The molecule has 5 nitrogen and oxygen atoms in total. The maximum atomic E-state index is 4.41. The molecule has 1 aliphatic carbocycles. The Morgan fingerprint density at radius 1 is 1.33 bits per heavy atom. The van der Waals surface area contributed by atoms with E-state index in [0.717, 1.165) is 15.2 Å². The molecule has 1 saturated carbocycles. The molecule has 0 unspecified atom stereocenters. The molecule has 0 spiro atoms. The van der Waals surface area contributed by atoms with Crippen LogP contribution in [-0.4, -0.2) is 24.7 Å². The Bertz CT molecular complexity index is 491. The molecule has 1 fully saturated rings. The lowest BCUT2D eigenvalue weighted by atomic mass is 10.4. The number of hydrogen-bond acceptors (Lipinski definition) is 4. The SMILES string of the molecule is Ic1cncnc1-n1cnc(C2CC2)n1. The van der Waals surface area contributed by atoms with Crippen LogP contribution in [0.15, 0.2) is 18.9 Å². The first-order chi connectivity index (χ1) is 7.34. The fourth-order valence-electron chi connectivity index (χ4n) is 1.38. The van der Waals surface area contributed by atoms with Crippen LogP contribution in [0.5, 0.6) is 0 Å². The summed E-state index contributed by atoms with van der Waals surface area (Å²) < 4.78 is 2.69. The second kappa shape index (κ2) is 3.51. The van der Waals surface area contributed by atoms with Crippen molar-refractivity contribution in [1.29, 1.82) is 0 Å². The van der Waals surface area contributed by atoms with E-state index >= 15 is 0 Å². The molecule has 76 valence electrons. The third-order valence-corrected chi connectivity index (χ3v) is 3.08. The Labute approximate surface area is 100 Å². The van der Waals surface area contributed by atoms with Gasteiger partial charge in [-0.3, -0.25) is 0 Å². The van der Waals surface area contributed by atoms with Gasteiger partial charge in [0.1, 0.15) is 12.7 Å². The van der Waals surface area contributed by atoms with E-state index in [0.29, 0.717) is 5.92 Å². The predicted octanol–water partition coefficient (Wildman–Crippen LogP) is 1.54. The van der Waals surface area contributed by atoms with Crippen molar-refractivity contribution >= 4 is 22.6 Å². The Balaban J connectivity index is 2.01. The molecule has 3 rings (SSSR count). The highest BCUT2D eigenvalue weighted by Crippen LogP contribution is 2.37. The quantitative estimate of drug-likeness (QED) is 0.789. The Morgan fingerprint density at radius 2 is 2.20 bits per heavy atom. The molecule has 0 atom stereocenters. The van der Waals surface area contributed by atoms with Crippen molar-refractivity contribution < 1.29 is 0 Å². The van der Waals surface area contributed by atoms with Crippen molar-refractivity contribution in [2.24, 2.45) is 0 Å². The summed E-state index contributed by atoms with van der Waals surface area (Å²) in [5, 5.41) is 4.41. The van der Waals surface area contributed by atoms with E-state index in [1.165, 1.54) is 19.2 Å². The first-order valence-electron chi connectivity index (χ1n) is 4.72. The van der Waals surface area contributed by atoms with Gasteiger partial charge < -0.3 is 0 Å². The number of nitrogens with zero attached hydrogens (tertiary/aromatic N) is 5. The zero-order valence-electron chi connectivity index (χ0n) is 7.84. The molecule has 1 aliphatic rings. The minimum absolute atomic E-state index is 0.575. The molecule has 2 heterocycles. The molecule has 6 heteroatoms. The van der Waals surface area contributed by atoms with Crippen LogP contribution in [-0.2, 0) is 0 Å². The van der Waals surface area contributed by atoms with Gasteiger partial charge in [-0.2, -0.15) is 0 Å². The summed E-state index contributed by atoms with van der Waals surface area (Å²) in [6, 6.07) is 0. The van der Waals surface area contributed by atoms with Crippen LogP contribution in [0.3, 0.4) is 0 Å². The number of aromatic nitrogens is 5. The lowest BCUT2D eigenvalue weighted by molar-refractivity contribution is 0.801. The second-order valence-corrected chi connectivity index (χ2v) is 4.68. The zero-order valence-corrected chi connectivity index (χ0v) is 10.00. The first kappa shape index (κ1) is 9.20. The van der Waals surface area contributed by atoms with Crippen molar-refractivity contribution in [3.8, 4) is 5.82 Å². The highest BCUT2D eigenvalue weighted by Gasteiger charge is 2.27. The number of hydrogen-bond donors (Lipinski definition) is 0. The van der Waals surface area contributed by atoms with E-state index < -0.39 is 0 Å². The molecule has 0 radical (unpaired) electrons. The minimum atomic E-state index is 0.575. The van der Waals surface area contributed by atoms with Gasteiger partial charge in [0.25, 0.3) is 0 Å². The zero-order chi connectivity index (χ0) is 10.3. The van der Waals surface area contributed by atoms with E-state index in [1.807, 2.05) is 0 Å². The highest BCUT2D eigenvalue weighted by molar-refractivity contribution is 14.1. The maximum Gasteiger partial charge on any atom is 0.171 e. The summed E-state index contributed by atoms with van der Waals surface area (Å²) in [5.41, 5.74) is 0. The van der Waals surface area contributed by atoms with E-state index in [-0.39, 0.29) is 0 Å². The third kappa shape index (κ3) is 1.73. The van der Waals surface area contributed by atoms with Crippen molar-refractivity contribution in [2.45, 2.75) is 18.8 Å². The van der Waals surface area contributed by atoms with Crippen molar-refractivity contribution in [2.75, 3.05) is 0 Å². The third-order valence-electron chi connectivity index (χ3n) is 2.32. The topological polar surface area (TPSA) is 56.5 Å². The van der Waals surface area contributed by atoms with Crippen LogP contribution in [0.1, 0.15) is 24.6 Å². The van der Waals surface area contributed by atoms with Gasteiger partial charge in [-0.15, -0.1) is 5.10 Å². The summed E-state index contributed by atoms with van der Waals surface area (Å²) in [6.45, 7) is 0. The summed E-state index contributed by atoms with van der Waals surface area (Å²) in [6.07, 6.45) is 7.44. The van der Waals surface area contributed by atoms with Crippen LogP contribution < -0.4 is 0 Å². The van der Waals surface area contributed by atoms with Gasteiger partial charge in [0, 0.05) is 12.1 Å². The van der Waals surface area contributed by atoms with Crippen LogP contribution >= 0.6 is 22.6 Å². The Morgan fingerprint density at radius 3 is 2.93 bits per heavy atom. The largest absolute Gasteiger partial charge is 0.244 e. The van der Waals surface area contributed by atoms with Crippen molar-refractivity contribution in [1.82, 2.24) is 24.7 Å². The standard InChI is InChI=1S/C9H8IN5/c10-7-3-11-4-12-9(7)15-5-13-8(14-15)6-1-2-6/h3-6H,1-2H2. The van der Waals surface area contributed by atoms with E-state index in [9.17, 15) is 0 Å². The van der Waals surface area contributed by atoms with Crippen LogP contribution in [0.2, 0.25) is 0 Å². The van der Waals surface area contributed by atoms with E-state index in [1.54, 1.807) is 17.2 Å². The maximum absolute atomic E-state index is 4.41. The second-order valence-electron chi connectivity index (χ2n) is 3.52. The molecule has 0 N–H and O–H groups in total. The van der Waals surface area contributed by atoms with Crippen molar-refractivity contribution in [3.05, 3.63) is 28.2 Å². The molecule has 2 aromatic heterocycles. The lowest BCUT2D eigenvalue weighted by Crippen LogP contribution is -2.01. The van der Waals surface area contributed by atoms with Gasteiger partial charge in [-0.1, -0.05) is 0 Å². The fourth-order valence-corrected chi connectivity index (χ4v) is 1.93. The smallest absolute Gasteiger partial charge is 0.171 e. The highest BCUT2D eigenvalue weighted by atomic mass is 127. The summed E-state index contributed by atoms with van der Waals surface area (Å²) in [4.78, 5) is 12.4. The van der Waals surface area contributed by atoms with Crippen LogP contribution in [0.25, 0.3) is 5.82 Å². The predicted molar refractivity (Wildman–Crippen MR) is 61.6 cm³/mol. The molecular formula is C9H8IN5. The monoisotopic (exact) mass is 313 g/mol. The van der Waals surface area contributed by atoms with Crippen LogP contribution in [0.4, 0.5) is 0 Å². The van der Waals surface area contributed by atoms with Gasteiger partial charge in [0.15, 0.2) is 11.6 Å². The normalized spacial score (nSPS) is 15.5. The average molecular weight is 313 g/mol. The lowest BCUT2D eigenvalue weighted by Gasteiger charge is -1.99. The molecular weight excluding hydrogens is 305 g/mol.